The number of carbonyl (C=O) groups excluding carboxylic acids is 1. The van der Waals surface area contributed by atoms with Gasteiger partial charge in [0, 0.05) is 5.03 Å². The highest BCUT2D eigenvalue weighted by atomic mass is 35.5. The molecule has 0 unspecified atom stereocenters. The summed E-state index contributed by atoms with van der Waals surface area (Å²) in [6, 6.07) is 4.36. The number of nitrogens with one attached hydrogen (secondary N) is 1. The van der Waals surface area contributed by atoms with Gasteiger partial charge in [-0.05, 0) is 19.1 Å². The summed E-state index contributed by atoms with van der Waals surface area (Å²) >= 11 is 5.48. The minimum atomic E-state index is -0.543. The number of benzene rings is 1. The Morgan fingerprint density at radius 2 is 2.27 bits per heavy atom. The van der Waals surface area contributed by atoms with Gasteiger partial charge < -0.3 is 5.32 Å². The van der Waals surface area contributed by atoms with Gasteiger partial charge in [0.15, 0.2) is 0 Å². The average Bonchev–Trinajstić information content (AvgIpc) is 2.18. The lowest BCUT2D eigenvalue weighted by Crippen LogP contribution is -2.25. The molecule has 0 aromatic heterocycles. The van der Waals surface area contributed by atoms with E-state index in [9.17, 15) is 9.18 Å². The standard InChI is InChI=1S/C11H11ClFNO/c1-7-3-4-10(13)9(5-7)11(15)14-6-8(2)12/h3-5H,2,6H2,1H3,(H,14,15). The highest BCUT2D eigenvalue weighted by molar-refractivity contribution is 6.29. The van der Waals surface area contributed by atoms with Crippen LogP contribution in [0.1, 0.15) is 15.9 Å². The van der Waals surface area contributed by atoms with E-state index < -0.39 is 11.7 Å². The monoisotopic (exact) mass is 227 g/mol. The van der Waals surface area contributed by atoms with Crippen LogP contribution in [0, 0.1) is 12.7 Å². The Balaban J connectivity index is 2.81. The molecule has 0 aliphatic heterocycles. The summed E-state index contributed by atoms with van der Waals surface area (Å²) in [5, 5.41) is 2.76. The van der Waals surface area contributed by atoms with Crippen LogP contribution in [0.25, 0.3) is 0 Å². The molecule has 1 amide bonds. The Morgan fingerprint density at radius 1 is 1.60 bits per heavy atom. The van der Waals surface area contributed by atoms with Crippen molar-refractivity contribution >= 4 is 17.5 Å². The zero-order valence-electron chi connectivity index (χ0n) is 8.31. The largest absolute Gasteiger partial charge is 0.347 e. The van der Waals surface area contributed by atoms with Crippen molar-refractivity contribution in [3.63, 3.8) is 0 Å². The molecule has 0 heterocycles. The first-order valence-electron chi connectivity index (χ1n) is 4.38. The molecule has 1 aromatic rings. The van der Waals surface area contributed by atoms with Crippen molar-refractivity contribution in [2.45, 2.75) is 6.92 Å². The summed E-state index contributed by atoms with van der Waals surface area (Å²) in [5.41, 5.74) is 0.846. The van der Waals surface area contributed by atoms with Crippen LogP contribution >= 0.6 is 11.6 Å². The van der Waals surface area contributed by atoms with E-state index in [2.05, 4.69) is 11.9 Å². The van der Waals surface area contributed by atoms with E-state index in [4.69, 9.17) is 11.6 Å². The molecular formula is C11H11ClFNO. The Hall–Kier alpha value is -1.35. The molecule has 0 atom stereocenters. The molecule has 0 fully saturated rings. The molecule has 80 valence electrons. The number of hydrogen-bond acceptors (Lipinski definition) is 1. The first kappa shape index (κ1) is 11.7. The fourth-order valence-corrected chi connectivity index (χ4v) is 1.15. The fraction of sp³-hybridized carbons (Fsp3) is 0.182. The van der Waals surface area contributed by atoms with Gasteiger partial charge in [-0.15, -0.1) is 0 Å². The minimum absolute atomic E-state index is 0.0212. The van der Waals surface area contributed by atoms with Crippen molar-refractivity contribution in [3.8, 4) is 0 Å². The van der Waals surface area contributed by atoms with Crippen molar-refractivity contribution in [1.82, 2.24) is 5.32 Å². The Bertz CT molecular complexity index is 404. The van der Waals surface area contributed by atoms with Crippen molar-refractivity contribution in [2.75, 3.05) is 6.54 Å². The molecule has 0 bridgehead atoms. The van der Waals surface area contributed by atoms with Crippen LogP contribution in [-0.4, -0.2) is 12.5 Å². The first-order chi connectivity index (χ1) is 7.00. The summed E-state index contributed by atoms with van der Waals surface area (Å²) in [6.45, 7) is 5.34. The molecule has 4 heteroatoms. The van der Waals surface area contributed by atoms with Gasteiger partial charge in [0.25, 0.3) is 5.91 Å². The SMILES string of the molecule is C=C(Cl)CNC(=O)c1cc(C)ccc1F. The molecule has 0 spiro atoms. The molecule has 1 aromatic carbocycles. The molecule has 0 radical (unpaired) electrons. The van der Waals surface area contributed by atoms with Crippen LogP contribution in [0.3, 0.4) is 0 Å². The second kappa shape index (κ2) is 4.94. The van der Waals surface area contributed by atoms with Crippen molar-refractivity contribution in [3.05, 3.63) is 46.8 Å². The van der Waals surface area contributed by atoms with Crippen LogP contribution in [0.2, 0.25) is 0 Å². The Kier molecular flexibility index (Phi) is 3.86. The van der Waals surface area contributed by atoms with E-state index in [1.807, 2.05) is 0 Å². The van der Waals surface area contributed by atoms with Gasteiger partial charge in [-0.1, -0.05) is 29.8 Å². The number of amides is 1. The highest BCUT2D eigenvalue weighted by Crippen LogP contribution is 2.09. The normalized spacial score (nSPS) is 9.80. The van der Waals surface area contributed by atoms with Gasteiger partial charge >= 0.3 is 0 Å². The zero-order valence-corrected chi connectivity index (χ0v) is 9.07. The third-order valence-corrected chi connectivity index (χ3v) is 1.94. The fourth-order valence-electron chi connectivity index (χ4n) is 1.08. The van der Waals surface area contributed by atoms with Crippen molar-refractivity contribution in [1.29, 1.82) is 0 Å². The average molecular weight is 228 g/mol. The number of rotatable bonds is 3. The number of carbonyl (C=O) groups is 1. The number of hydrogen-bond donors (Lipinski definition) is 1. The van der Waals surface area contributed by atoms with Gasteiger partial charge in [-0.25, -0.2) is 4.39 Å². The quantitative estimate of drug-likeness (QED) is 0.845. The molecule has 0 saturated carbocycles. The molecule has 0 aliphatic carbocycles. The summed E-state index contributed by atoms with van der Waals surface area (Å²) in [5.74, 6) is -1.03. The summed E-state index contributed by atoms with van der Waals surface area (Å²) in [4.78, 5) is 11.5. The van der Waals surface area contributed by atoms with Crippen molar-refractivity contribution in [2.24, 2.45) is 0 Å². The molecule has 0 saturated heterocycles. The van der Waals surface area contributed by atoms with Gasteiger partial charge in [0.2, 0.25) is 0 Å². The summed E-state index contributed by atoms with van der Waals surface area (Å²) < 4.78 is 13.2. The lowest BCUT2D eigenvalue weighted by atomic mass is 10.1. The third-order valence-electron chi connectivity index (χ3n) is 1.81. The highest BCUT2D eigenvalue weighted by Gasteiger charge is 2.10. The predicted octanol–water partition coefficient (Wildman–Crippen LogP) is 2.62. The lowest BCUT2D eigenvalue weighted by molar-refractivity contribution is 0.0953. The Morgan fingerprint density at radius 3 is 2.87 bits per heavy atom. The van der Waals surface area contributed by atoms with E-state index in [-0.39, 0.29) is 12.1 Å². The molecular weight excluding hydrogens is 217 g/mol. The van der Waals surface area contributed by atoms with Crippen LogP contribution in [0.5, 0.6) is 0 Å². The zero-order chi connectivity index (χ0) is 11.4. The maximum atomic E-state index is 13.2. The first-order valence-corrected chi connectivity index (χ1v) is 4.76. The second-order valence-corrected chi connectivity index (χ2v) is 3.72. The summed E-state index contributed by atoms with van der Waals surface area (Å²) in [7, 11) is 0. The molecule has 2 nitrogen and oxygen atoms in total. The molecule has 15 heavy (non-hydrogen) atoms. The summed E-state index contributed by atoms with van der Waals surface area (Å²) in [6.07, 6.45) is 0. The van der Waals surface area contributed by atoms with Crippen LogP contribution in [0.4, 0.5) is 4.39 Å². The third kappa shape index (κ3) is 3.36. The van der Waals surface area contributed by atoms with E-state index in [0.717, 1.165) is 5.56 Å². The van der Waals surface area contributed by atoms with Gasteiger partial charge in [0.1, 0.15) is 5.82 Å². The van der Waals surface area contributed by atoms with Crippen LogP contribution < -0.4 is 5.32 Å². The topological polar surface area (TPSA) is 29.1 Å². The van der Waals surface area contributed by atoms with Crippen molar-refractivity contribution < 1.29 is 9.18 Å². The molecule has 1 rings (SSSR count). The predicted molar refractivity (Wildman–Crippen MR) is 58.5 cm³/mol. The Labute approximate surface area is 92.7 Å². The van der Waals surface area contributed by atoms with Gasteiger partial charge in [-0.3, -0.25) is 4.79 Å². The minimum Gasteiger partial charge on any atom is -0.347 e. The smallest absolute Gasteiger partial charge is 0.254 e. The van der Waals surface area contributed by atoms with E-state index >= 15 is 0 Å². The number of halogens is 2. The van der Waals surface area contributed by atoms with Crippen LogP contribution in [0.15, 0.2) is 29.8 Å². The lowest BCUT2D eigenvalue weighted by Gasteiger charge is -2.05. The van der Waals surface area contributed by atoms with E-state index in [0.29, 0.717) is 5.03 Å². The molecule has 0 aliphatic rings. The van der Waals surface area contributed by atoms with Gasteiger partial charge in [-0.2, -0.15) is 0 Å². The van der Waals surface area contributed by atoms with E-state index in [1.165, 1.54) is 12.1 Å². The van der Waals surface area contributed by atoms with E-state index in [1.54, 1.807) is 13.0 Å². The maximum Gasteiger partial charge on any atom is 0.254 e. The maximum absolute atomic E-state index is 13.2. The van der Waals surface area contributed by atoms with Crippen LogP contribution in [-0.2, 0) is 0 Å². The number of aryl methyl sites for hydroxylation is 1. The molecule has 1 N–H and O–H groups in total. The second-order valence-electron chi connectivity index (χ2n) is 3.18. The van der Waals surface area contributed by atoms with Gasteiger partial charge in [0.05, 0.1) is 12.1 Å².